The molecule has 0 spiro atoms. The maximum absolute atomic E-state index is 12.1. The summed E-state index contributed by atoms with van der Waals surface area (Å²) in [7, 11) is 0. The Labute approximate surface area is 117 Å². The summed E-state index contributed by atoms with van der Waals surface area (Å²) in [6, 6.07) is 16.4. The zero-order valence-electron chi connectivity index (χ0n) is 10.8. The second-order valence-electron chi connectivity index (χ2n) is 4.38. The van der Waals surface area contributed by atoms with Crippen LogP contribution >= 0.6 is 0 Å². The molecule has 0 aliphatic carbocycles. The van der Waals surface area contributed by atoms with Crippen molar-refractivity contribution in [1.29, 1.82) is 0 Å². The first kappa shape index (κ1) is 13.7. The fraction of sp³-hybridized carbons (Fsp3) is 0.0588. The second-order valence-corrected chi connectivity index (χ2v) is 4.38. The van der Waals surface area contributed by atoms with Crippen molar-refractivity contribution in [2.24, 2.45) is 0 Å². The minimum atomic E-state index is -0.990. The molecule has 0 heterocycles. The van der Waals surface area contributed by atoms with Crippen molar-refractivity contribution in [2.75, 3.05) is 0 Å². The quantitative estimate of drug-likeness (QED) is 0.668. The highest BCUT2D eigenvalue weighted by Crippen LogP contribution is 2.11. The van der Waals surface area contributed by atoms with Crippen LogP contribution < -0.4 is 0 Å². The van der Waals surface area contributed by atoms with Crippen molar-refractivity contribution in [2.45, 2.75) is 6.42 Å². The number of carboxylic acid groups (broad SMARTS) is 1. The predicted molar refractivity (Wildman–Crippen MR) is 77.6 cm³/mol. The minimum Gasteiger partial charge on any atom is -0.478 e. The lowest BCUT2D eigenvalue weighted by Crippen LogP contribution is -2.03. The van der Waals surface area contributed by atoms with Crippen LogP contribution in [0.4, 0.5) is 0 Å². The highest BCUT2D eigenvalue weighted by molar-refractivity contribution is 5.97. The summed E-state index contributed by atoms with van der Waals surface area (Å²) in [6.45, 7) is 0. The molecule has 3 heteroatoms. The van der Waals surface area contributed by atoms with E-state index in [0.717, 1.165) is 17.2 Å². The van der Waals surface area contributed by atoms with Crippen molar-refractivity contribution in [3.63, 3.8) is 0 Å². The Hall–Kier alpha value is -2.68. The first-order chi connectivity index (χ1) is 9.65. The molecule has 2 aromatic rings. The summed E-state index contributed by atoms with van der Waals surface area (Å²) in [4.78, 5) is 22.6. The molecule has 0 fully saturated rings. The van der Waals surface area contributed by atoms with Crippen molar-refractivity contribution >= 4 is 17.8 Å². The van der Waals surface area contributed by atoms with Crippen LogP contribution in [0.15, 0.2) is 60.7 Å². The molecule has 0 aliphatic rings. The molecule has 0 saturated carbocycles. The lowest BCUT2D eigenvalue weighted by atomic mass is 10.0. The van der Waals surface area contributed by atoms with Gasteiger partial charge >= 0.3 is 5.97 Å². The van der Waals surface area contributed by atoms with Crippen molar-refractivity contribution in [3.8, 4) is 0 Å². The summed E-state index contributed by atoms with van der Waals surface area (Å²) in [5.41, 5.74) is 2.32. The normalized spacial score (nSPS) is 10.6. The summed E-state index contributed by atoms with van der Waals surface area (Å²) >= 11 is 0. The number of hydrogen-bond acceptors (Lipinski definition) is 2. The molecule has 2 rings (SSSR count). The molecule has 100 valence electrons. The molecular weight excluding hydrogens is 252 g/mol. The molecule has 0 aromatic heterocycles. The molecule has 3 nitrogen and oxygen atoms in total. The number of aliphatic carboxylic acids is 1. The molecule has 0 atom stereocenters. The van der Waals surface area contributed by atoms with E-state index in [9.17, 15) is 9.59 Å². The average molecular weight is 266 g/mol. The summed E-state index contributed by atoms with van der Waals surface area (Å²) in [5, 5.41) is 8.60. The van der Waals surface area contributed by atoms with Gasteiger partial charge < -0.3 is 5.11 Å². The van der Waals surface area contributed by atoms with Crippen LogP contribution in [0.5, 0.6) is 0 Å². The number of carbonyl (C=O) groups excluding carboxylic acids is 1. The molecule has 1 N–H and O–H groups in total. The van der Waals surface area contributed by atoms with E-state index in [4.69, 9.17) is 5.11 Å². The zero-order valence-corrected chi connectivity index (χ0v) is 10.8. The van der Waals surface area contributed by atoms with E-state index in [1.165, 1.54) is 6.08 Å². The van der Waals surface area contributed by atoms with Gasteiger partial charge in [-0.3, -0.25) is 4.79 Å². The average Bonchev–Trinajstić information content (AvgIpc) is 2.46. The van der Waals surface area contributed by atoms with E-state index in [1.54, 1.807) is 18.2 Å². The van der Waals surface area contributed by atoms with Gasteiger partial charge in [0, 0.05) is 18.1 Å². The highest BCUT2D eigenvalue weighted by atomic mass is 16.4. The lowest BCUT2D eigenvalue weighted by Gasteiger charge is -2.03. The minimum absolute atomic E-state index is 0.0463. The number of benzene rings is 2. The number of Topliss-reactive ketones (excluding diaryl/α,β-unsaturated/α-hetero) is 1. The smallest absolute Gasteiger partial charge is 0.328 e. The number of carbonyl (C=O) groups is 2. The zero-order chi connectivity index (χ0) is 14.4. The molecule has 0 aliphatic heterocycles. The van der Waals surface area contributed by atoms with E-state index in [1.807, 2.05) is 36.4 Å². The lowest BCUT2D eigenvalue weighted by molar-refractivity contribution is -0.131. The van der Waals surface area contributed by atoms with Crippen LogP contribution in [-0.4, -0.2) is 16.9 Å². The predicted octanol–water partition coefficient (Wildman–Crippen LogP) is 3.21. The number of carboxylic acids is 1. The van der Waals surface area contributed by atoms with Gasteiger partial charge in [-0.15, -0.1) is 0 Å². The third-order valence-corrected chi connectivity index (χ3v) is 2.83. The van der Waals surface area contributed by atoms with Crippen LogP contribution in [0.25, 0.3) is 6.08 Å². The highest BCUT2D eigenvalue weighted by Gasteiger charge is 2.06. The first-order valence-electron chi connectivity index (χ1n) is 6.23. The van der Waals surface area contributed by atoms with Gasteiger partial charge in [0.2, 0.25) is 0 Å². The third kappa shape index (κ3) is 3.92. The maximum Gasteiger partial charge on any atom is 0.328 e. The Morgan fingerprint density at radius 3 is 2.45 bits per heavy atom. The van der Waals surface area contributed by atoms with Gasteiger partial charge in [-0.25, -0.2) is 4.79 Å². The van der Waals surface area contributed by atoms with E-state index in [2.05, 4.69) is 0 Å². The number of hydrogen-bond donors (Lipinski definition) is 1. The van der Waals surface area contributed by atoms with Gasteiger partial charge in [0.25, 0.3) is 0 Å². The van der Waals surface area contributed by atoms with E-state index in [-0.39, 0.29) is 5.78 Å². The summed E-state index contributed by atoms with van der Waals surface area (Å²) < 4.78 is 0. The Balaban J connectivity index is 2.12. The van der Waals surface area contributed by atoms with E-state index < -0.39 is 5.97 Å². The Morgan fingerprint density at radius 2 is 1.75 bits per heavy atom. The molecule has 0 unspecified atom stereocenters. The van der Waals surface area contributed by atoms with Crippen LogP contribution in [-0.2, 0) is 11.2 Å². The molecule has 2 aromatic carbocycles. The Kier molecular flexibility index (Phi) is 4.45. The largest absolute Gasteiger partial charge is 0.478 e. The fourth-order valence-electron chi connectivity index (χ4n) is 1.89. The van der Waals surface area contributed by atoms with Crippen molar-refractivity contribution < 1.29 is 14.7 Å². The van der Waals surface area contributed by atoms with Crippen molar-refractivity contribution in [1.82, 2.24) is 0 Å². The fourth-order valence-corrected chi connectivity index (χ4v) is 1.89. The first-order valence-corrected chi connectivity index (χ1v) is 6.23. The Morgan fingerprint density at radius 1 is 1.00 bits per heavy atom. The van der Waals surface area contributed by atoms with Gasteiger partial charge in [0.15, 0.2) is 5.78 Å². The Bertz CT molecular complexity index is 642. The molecule has 20 heavy (non-hydrogen) atoms. The van der Waals surface area contributed by atoms with Crippen molar-refractivity contribution in [3.05, 3.63) is 77.4 Å². The third-order valence-electron chi connectivity index (χ3n) is 2.83. The monoisotopic (exact) mass is 266 g/mol. The van der Waals surface area contributed by atoms with Crippen LogP contribution in [0, 0.1) is 0 Å². The summed E-state index contributed by atoms with van der Waals surface area (Å²) in [6.07, 6.45) is 2.90. The molecule has 0 radical (unpaired) electrons. The molecule has 0 bridgehead atoms. The molecular formula is C17H14O3. The van der Waals surface area contributed by atoms with Gasteiger partial charge in [-0.05, 0) is 17.2 Å². The number of rotatable bonds is 5. The SMILES string of the molecule is O=C(O)C=Cc1cccc(CC(=O)c2ccccc2)c1. The maximum atomic E-state index is 12.1. The van der Waals surface area contributed by atoms with Crippen LogP contribution in [0.2, 0.25) is 0 Å². The van der Waals surface area contributed by atoms with Gasteiger partial charge in [0.1, 0.15) is 0 Å². The number of ketones is 1. The van der Waals surface area contributed by atoms with E-state index >= 15 is 0 Å². The van der Waals surface area contributed by atoms with Crippen LogP contribution in [0.1, 0.15) is 21.5 Å². The topological polar surface area (TPSA) is 54.4 Å². The van der Waals surface area contributed by atoms with Gasteiger partial charge in [-0.1, -0.05) is 54.6 Å². The summed E-state index contributed by atoms with van der Waals surface area (Å²) in [5.74, 6) is -0.944. The van der Waals surface area contributed by atoms with Crippen LogP contribution in [0.3, 0.4) is 0 Å². The second kappa shape index (κ2) is 6.48. The molecule has 0 saturated heterocycles. The van der Waals surface area contributed by atoms with Gasteiger partial charge in [0.05, 0.1) is 0 Å². The standard InChI is InChI=1S/C17H14O3/c18-16(15-7-2-1-3-8-15)12-14-6-4-5-13(11-14)9-10-17(19)20/h1-11H,12H2,(H,19,20). The van der Waals surface area contributed by atoms with Gasteiger partial charge in [-0.2, -0.15) is 0 Å². The van der Waals surface area contributed by atoms with E-state index in [0.29, 0.717) is 12.0 Å². The molecule has 0 amide bonds.